The van der Waals surface area contributed by atoms with E-state index >= 15 is 0 Å². The molecular weight excluding hydrogens is 617 g/mol. The Kier molecular flexibility index (Phi) is 6.75. The molecule has 2 nitrogen and oxygen atoms in total. The van der Waals surface area contributed by atoms with Gasteiger partial charge in [-0.3, -0.25) is 0 Å². The highest BCUT2D eigenvalue weighted by atomic mass is 15.0. The highest BCUT2D eigenvalue weighted by Gasteiger charge is 2.46. The molecule has 51 heavy (non-hydrogen) atoms. The Balaban J connectivity index is 0.984. The lowest BCUT2D eigenvalue weighted by molar-refractivity contribution is 0.769. The minimum atomic E-state index is -0.415. The van der Waals surface area contributed by atoms with Gasteiger partial charge in [-0.25, -0.2) is 0 Å². The van der Waals surface area contributed by atoms with Crippen molar-refractivity contribution < 1.29 is 0 Å². The molecule has 8 aromatic carbocycles. The summed E-state index contributed by atoms with van der Waals surface area (Å²) in [5.74, 6) is 0. The Morgan fingerprint density at radius 3 is 1.49 bits per heavy atom. The summed E-state index contributed by atoms with van der Waals surface area (Å²) < 4.78 is 2.36. The largest absolute Gasteiger partial charge is 0.356 e. The molecule has 0 saturated carbocycles. The number of nitrogens with zero attached hydrogens (tertiary/aromatic N) is 1. The van der Waals surface area contributed by atoms with Crippen LogP contribution in [0.2, 0.25) is 0 Å². The van der Waals surface area contributed by atoms with Crippen molar-refractivity contribution in [3.05, 3.63) is 222 Å². The fraction of sp³-hybridized carbons (Fsp3) is 0.0204. The average molecular weight is 651 g/mol. The summed E-state index contributed by atoms with van der Waals surface area (Å²) in [5, 5.41) is 6.29. The number of anilines is 2. The normalized spacial score (nSPS) is 12.9. The zero-order valence-electron chi connectivity index (χ0n) is 28.0. The zero-order chi connectivity index (χ0) is 33.8. The number of rotatable bonds is 6. The Hall–Kier alpha value is -6.64. The number of aromatic nitrogens is 1. The van der Waals surface area contributed by atoms with Crippen molar-refractivity contribution in [1.29, 1.82) is 0 Å². The number of hydrogen-bond acceptors (Lipinski definition) is 1. The zero-order valence-corrected chi connectivity index (χ0v) is 28.0. The van der Waals surface area contributed by atoms with Crippen LogP contribution in [-0.4, -0.2) is 4.57 Å². The first-order valence-corrected chi connectivity index (χ1v) is 17.6. The molecule has 0 bridgehead atoms. The summed E-state index contributed by atoms with van der Waals surface area (Å²) in [6.07, 6.45) is 0. The molecule has 0 radical (unpaired) electrons. The Labute approximate surface area is 297 Å². The van der Waals surface area contributed by atoms with Gasteiger partial charge < -0.3 is 9.88 Å². The van der Waals surface area contributed by atoms with Crippen molar-refractivity contribution in [3.8, 4) is 27.9 Å². The lowest BCUT2D eigenvalue weighted by atomic mass is 9.67. The van der Waals surface area contributed by atoms with Gasteiger partial charge in [0.1, 0.15) is 0 Å². The molecule has 1 aliphatic rings. The molecule has 1 aliphatic carbocycles. The van der Waals surface area contributed by atoms with E-state index in [0.29, 0.717) is 0 Å². The van der Waals surface area contributed by atoms with E-state index in [1.54, 1.807) is 0 Å². The van der Waals surface area contributed by atoms with E-state index in [4.69, 9.17) is 0 Å². The van der Waals surface area contributed by atoms with E-state index < -0.39 is 5.41 Å². The van der Waals surface area contributed by atoms with Gasteiger partial charge in [0, 0.05) is 27.8 Å². The maximum Gasteiger partial charge on any atom is 0.0714 e. The van der Waals surface area contributed by atoms with Crippen molar-refractivity contribution in [2.75, 3.05) is 5.32 Å². The first kappa shape index (κ1) is 29.3. The Morgan fingerprint density at radius 1 is 0.373 bits per heavy atom. The summed E-state index contributed by atoms with van der Waals surface area (Å²) in [5.41, 5.74) is 15.4. The smallest absolute Gasteiger partial charge is 0.0714 e. The molecule has 0 amide bonds. The molecule has 1 heterocycles. The second kappa shape index (κ2) is 11.8. The molecule has 1 aromatic heterocycles. The molecule has 0 aliphatic heterocycles. The van der Waals surface area contributed by atoms with Crippen LogP contribution < -0.4 is 5.32 Å². The fourth-order valence-electron chi connectivity index (χ4n) is 8.44. The maximum atomic E-state index is 3.74. The number of nitrogens with one attached hydrogen (secondary N) is 1. The van der Waals surface area contributed by atoms with Gasteiger partial charge in [-0.1, -0.05) is 152 Å². The summed E-state index contributed by atoms with van der Waals surface area (Å²) in [4.78, 5) is 0. The summed E-state index contributed by atoms with van der Waals surface area (Å²) in [7, 11) is 0. The Morgan fingerprint density at radius 2 is 0.863 bits per heavy atom. The first-order chi connectivity index (χ1) is 25.3. The second-order valence-electron chi connectivity index (χ2n) is 13.4. The number of hydrogen-bond donors (Lipinski definition) is 1. The van der Waals surface area contributed by atoms with Crippen LogP contribution >= 0.6 is 0 Å². The van der Waals surface area contributed by atoms with E-state index in [9.17, 15) is 0 Å². The molecule has 10 rings (SSSR count). The van der Waals surface area contributed by atoms with Crippen LogP contribution in [-0.2, 0) is 5.41 Å². The van der Waals surface area contributed by atoms with Crippen LogP contribution in [0.3, 0.4) is 0 Å². The SMILES string of the molecule is c1ccc(C2(c3ccccc3)c3ccccc3-c3ccc(Nc4ccc(-c5ccc(-n6c7ccccc7c7ccccc76)cc5)cc4)cc32)cc1. The third-order valence-corrected chi connectivity index (χ3v) is 10.7. The molecule has 0 spiro atoms. The topological polar surface area (TPSA) is 17.0 Å². The van der Waals surface area contributed by atoms with E-state index in [0.717, 1.165) is 17.1 Å². The molecule has 0 fully saturated rings. The van der Waals surface area contributed by atoms with E-state index in [2.05, 4.69) is 210 Å². The van der Waals surface area contributed by atoms with Crippen LogP contribution in [0.1, 0.15) is 22.3 Å². The maximum absolute atomic E-state index is 3.74. The summed E-state index contributed by atoms with van der Waals surface area (Å²) in [6, 6.07) is 72.7. The number of para-hydroxylation sites is 2. The van der Waals surface area contributed by atoms with Crippen molar-refractivity contribution in [2.24, 2.45) is 0 Å². The van der Waals surface area contributed by atoms with Crippen LogP contribution in [0.15, 0.2) is 200 Å². The molecular formula is C49H34N2. The van der Waals surface area contributed by atoms with Crippen molar-refractivity contribution in [1.82, 2.24) is 4.57 Å². The minimum absolute atomic E-state index is 0.415. The predicted octanol–water partition coefficient (Wildman–Crippen LogP) is 12.6. The van der Waals surface area contributed by atoms with E-state index in [1.807, 2.05) is 0 Å². The monoisotopic (exact) mass is 650 g/mol. The quantitative estimate of drug-likeness (QED) is 0.189. The minimum Gasteiger partial charge on any atom is -0.356 e. The Bertz CT molecular complexity index is 2590. The standard InChI is InChI=1S/C49H34N2/c1-3-13-36(14-4-1)49(37-15-5-2-6-16-37)45-20-10-7-17-41(45)42-32-29-39(33-46(42)49)50-38-27-23-34(24-28-38)35-25-30-40(31-26-35)51-47-21-11-8-18-43(47)44-19-9-12-22-48(44)51/h1-33,50H. The molecule has 0 unspecified atom stereocenters. The van der Waals surface area contributed by atoms with Crippen molar-refractivity contribution in [2.45, 2.75) is 5.41 Å². The van der Waals surface area contributed by atoms with Crippen LogP contribution in [0, 0.1) is 0 Å². The summed E-state index contributed by atoms with van der Waals surface area (Å²) >= 11 is 0. The molecule has 2 heteroatoms. The third-order valence-electron chi connectivity index (χ3n) is 10.7. The van der Waals surface area contributed by atoms with E-state index in [-0.39, 0.29) is 0 Å². The van der Waals surface area contributed by atoms with Gasteiger partial charge in [-0.05, 0) is 93.0 Å². The average Bonchev–Trinajstić information content (AvgIpc) is 3.70. The fourth-order valence-corrected chi connectivity index (χ4v) is 8.44. The van der Waals surface area contributed by atoms with E-state index in [1.165, 1.54) is 66.3 Å². The summed E-state index contributed by atoms with van der Waals surface area (Å²) in [6.45, 7) is 0. The molecule has 0 atom stereocenters. The molecule has 0 saturated heterocycles. The number of benzene rings is 8. The van der Waals surface area contributed by atoms with Gasteiger partial charge >= 0.3 is 0 Å². The van der Waals surface area contributed by atoms with Gasteiger partial charge in [0.15, 0.2) is 0 Å². The third kappa shape index (κ3) is 4.57. The molecule has 240 valence electrons. The van der Waals surface area contributed by atoms with Gasteiger partial charge in [-0.15, -0.1) is 0 Å². The van der Waals surface area contributed by atoms with Crippen LogP contribution in [0.5, 0.6) is 0 Å². The predicted molar refractivity (Wildman–Crippen MR) is 213 cm³/mol. The first-order valence-electron chi connectivity index (χ1n) is 17.6. The lowest BCUT2D eigenvalue weighted by Gasteiger charge is -2.34. The van der Waals surface area contributed by atoms with Crippen LogP contribution in [0.25, 0.3) is 49.7 Å². The highest BCUT2D eigenvalue weighted by Crippen LogP contribution is 2.56. The second-order valence-corrected chi connectivity index (χ2v) is 13.4. The van der Waals surface area contributed by atoms with Gasteiger partial charge in [0.05, 0.1) is 16.4 Å². The van der Waals surface area contributed by atoms with Crippen molar-refractivity contribution in [3.63, 3.8) is 0 Å². The van der Waals surface area contributed by atoms with Crippen molar-refractivity contribution >= 4 is 33.2 Å². The molecule has 1 N–H and O–H groups in total. The number of fused-ring (bicyclic) bond motifs is 6. The van der Waals surface area contributed by atoms with Crippen LogP contribution in [0.4, 0.5) is 11.4 Å². The van der Waals surface area contributed by atoms with Gasteiger partial charge in [0.25, 0.3) is 0 Å². The lowest BCUT2D eigenvalue weighted by Crippen LogP contribution is -2.28. The molecule has 9 aromatic rings. The highest BCUT2D eigenvalue weighted by molar-refractivity contribution is 6.09. The van der Waals surface area contributed by atoms with Gasteiger partial charge in [0.2, 0.25) is 0 Å². The van der Waals surface area contributed by atoms with Gasteiger partial charge in [-0.2, -0.15) is 0 Å².